The molecule has 0 aromatic carbocycles. The Bertz CT molecular complexity index is 165. The third-order valence-corrected chi connectivity index (χ3v) is 3.19. The van der Waals surface area contributed by atoms with Gasteiger partial charge in [-0.05, 0) is 20.8 Å². The zero-order valence-corrected chi connectivity index (χ0v) is 9.63. The van der Waals surface area contributed by atoms with E-state index < -0.39 is 0 Å². The molecule has 78 valence electrons. The van der Waals surface area contributed by atoms with Gasteiger partial charge in [0, 0.05) is 24.5 Å². The van der Waals surface area contributed by atoms with Gasteiger partial charge in [0.1, 0.15) is 0 Å². The number of hydrogen-bond acceptors (Lipinski definition) is 2. The molecule has 1 aliphatic heterocycles. The molecule has 1 rings (SSSR count). The minimum Gasteiger partial charge on any atom is -0.377 e. The van der Waals surface area contributed by atoms with E-state index in [1.165, 1.54) is 0 Å². The Balaban J connectivity index is 2.65. The molecule has 0 aliphatic carbocycles. The first kappa shape index (κ1) is 11.0. The Morgan fingerprint density at radius 2 is 2.00 bits per heavy atom. The van der Waals surface area contributed by atoms with Gasteiger partial charge >= 0.3 is 0 Å². The van der Waals surface area contributed by atoms with E-state index in [1.54, 1.807) is 0 Å². The van der Waals surface area contributed by atoms with Gasteiger partial charge in [-0.1, -0.05) is 13.8 Å². The quantitative estimate of drug-likeness (QED) is 0.620. The van der Waals surface area contributed by atoms with Gasteiger partial charge in [0.2, 0.25) is 0 Å². The zero-order valence-electron chi connectivity index (χ0n) is 9.63. The van der Waals surface area contributed by atoms with Crippen molar-refractivity contribution >= 4 is 0 Å². The molecule has 0 radical (unpaired) electrons. The van der Waals surface area contributed by atoms with E-state index in [1.807, 2.05) is 0 Å². The topological polar surface area (TPSA) is 12.5 Å². The summed E-state index contributed by atoms with van der Waals surface area (Å²) in [5.74, 6) is 0. The molecule has 0 N–H and O–H groups in total. The van der Waals surface area contributed by atoms with Crippen molar-refractivity contribution in [3.63, 3.8) is 0 Å². The fourth-order valence-corrected chi connectivity index (χ4v) is 1.74. The highest BCUT2D eigenvalue weighted by atomic mass is 16.5. The van der Waals surface area contributed by atoms with E-state index >= 15 is 0 Å². The van der Waals surface area contributed by atoms with Crippen molar-refractivity contribution < 1.29 is 4.74 Å². The Hall–Kier alpha value is -0.0800. The van der Waals surface area contributed by atoms with Crippen molar-refractivity contribution in [2.75, 3.05) is 19.7 Å². The van der Waals surface area contributed by atoms with Crippen LogP contribution in [0.4, 0.5) is 0 Å². The van der Waals surface area contributed by atoms with Gasteiger partial charge in [-0.3, -0.25) is 4.90 Å². The fourth-order valence-electron chi connectivity index (χ4n) is 1.74. The Morgan fingerprint density at radius 3 is 2.54 bits per heavy atom. The second-order valence-corrected chi connectivity index (χ2v) is 5.07. The number of ether oxygens (including phenoxy) is 1. The molecule has 1 aliphatic rings. The van der Waals surface area contributed by atoms with Gasteiger partial charge in [-0.2, -0.15) is 0 Å². The summed E-state index contributed by atoms with van der Waals surface area (Å²) < 4.78 is 5.76. The minimum absolute atomic E-state index is 0.279. The molecule has 2 nitrogen and oxygen atoms in total. The number of hydrogen-bond donors (Lipinski definition) is 0. The van der Waals surface area contributed by atoms with Crippen LogP contribution < -0.4 is 0 Å². The first-order chi connectivity index (χ1) is 5.93. The monoisotopic (exact) mass is 185 g/mol. The third kappa shape index (κ3) is 2.68. The zero-order chi connectivity index (χ0) is 10.1. The largest absolute Gasteiger partial charge is 0.377 e. The summed E-state index contributed by atoms with van der Waals surface area (Å²) in [5.41, 5.74) is 0.279. The highest BCUT2D eigenvalue weighted by molar-refractivity contribution is 4.83. The SMILES string of the molecule is CC(C)N1CCOC(C)C(C)(C)C1. The van der Waals surface area contributed by atoms with Crippen LogP contribution in [0.2, 0.25) is 0 Å². The van der Waals surface area contributed by atoms with Crippen molar-refractivity contribution in [2.45, 2.75) is 46.8 Å². The maximum Gasteiger partial charge on any atom is 0.0610 e. The Labute approximate surface area is 82.3 Å². The Kier molecular flexibility index (Phi) is 3.36. The van der Waals surface area contributed by atoms with Gasteiger partial charge in [0.25, 0.3) is 0 Å². The van der Waals surface area contributed by atoms with Crippen LogP contribution in [0, 0.1) is 5.41 Å². The van der Waals surface area contributed by atoms with Gasteiger partial charge in [-0.15, -0.1) is 0 Å². The molecule has 13 heavy (non-hydrogen) atoms. The van der Waals surface area contributed by atoms with Crippen molar-refractivity contribution in [2.24, 2.45) is 5.41 Å². The van der Waals surface area contributed by atoms with E-state index in [-0.39, 0.29) is 5.41 Å². The van der Waals surface area contributed by atoms with Crippen molar-refractivity contribution in [1.29, 1.82) is 0 Å². The molecule has 1 heterocycles. The molecule has 0 bridgehead atoms. The molecular formula is C11H23NO. The lowest BCUT2D eigenvalue weighted by atomic mass is 9.87. The second-order valence-electron chi connectivity index (χ2n) is 5.07. The van der Waals surface area contributed by atoms with E-state index in [2.05, 4.69) is 39.5 Å². The summed E-state index contributed by atoms with van der Waals surface area (Å²) in [5, 5.41) is 0. The lowest BCUT2D eigenvalue weighted by Gasteiger charge is -2.34. The summed E-state index contributed by atoms with van der Waals surface area (Å²) in [7, 11) is 0. The van der Waals surface area contributed by atoms with Crippen molar-refractivity contribution in [3.05, 3.63) is 0 Å². The summed E-state index contributed by atoms with van der Waals surface area (Å²) in [6.07, 6.45) is 0.372. The van der Waals surface area contributed by atoms with E-state index in [0.717, 1.165) is 19.7 Å². The summed E-state index contributed by atoms with van der Waals surface area (Å²) in [4.78, 5) is 2.50. The molecule has 1 unspecified atom stereocenters. The lowest BCUT2D eigenvalue weighted by molar-refractivity contribution is 0.00843. The normalized spacial score (nSPS) is 30.5. The van der Waals surface area contributed by atoms with E-state index in [0.29, 0.717) is 12.1 Å². The molecule has 1 saturated heterocycles. The smallest absolute Gasteiger partial charge is 0.0610 e. The van der Waals surface area contributed by atoms with Crippen LogP contribution in [0.5, 0.6) is 0 Å². The highest BCUT2D eigenvalue weighted by Crippen LogP contribution is 2.27. The first-order valence-electron chi connectivity index (χ1n) is 5.29. The average molecular weight is 185 g/mol. The molecule has 1 fully saturated rings. The van der Waals surface area contributed by atoms with Gasteiger partial charge in [0.05, 0.1) is 12.7 Å². The van der Waals surface area contributed by atoms with E-state index in [4.69, 9.17) is 4.74 Å². The maximum atomic E-state index is 5.76. The van der Waals surface area contributed by atoms with Crippen LogP contribution in [0.1, 0.15) is 34.6 Å². The van der Waals surface area contributed by atoms with Crippen LogP contribution in [-0.4, -0.2) is 36.7 Å². The summed E-state index contributed by atoms with van der Waals surface area (Å²) in [6, 6.07) is 0.633. The van der Waals surface area contributed by atoms with Crippen LogP contribution in [-0.2, 0) is 4.74 Å². The number of nitrogens with zero attached hydrogens (tertiary/aromatic N) is 1. The van der Waals surface area contributed by atoms with Crippen molar-refractivity contribution in [1.82, 2.24) is 4.90 Å². The molecule has 0 saturated carbocycles. The predicted octanol–water partition coefficient (Wildman–Crippen LogP) is 2.14. The van der Waals surface area contributed by atoms with Gasteiger partial charge in [0.15, 0.2) is 0 Å². The lowest BCUT2D eigenvalue weighted by Crippen LogP contribution is -2.41. The molecule has 1 atom stereocenters. The van der Waals surface area contributed by atoms with Crippen LogP contribution >= 0.6 is 0 Å². The minimum atomic E-state index is 0.279. The average Bonchev–Trinajstić information content (AvgIpc) is 2.12. The first-order valence-corrected chi connectivity index (χ1v) is 5.29. The summed E-state index contributed by atoms with van der Waals surface area (Å²) >= 11 is 0. The third-order valence-electron chi connectivity index (χ3n) is 3.19. The molecule has 2 heteroatoms. The Morgan fingerprint density at radius 1 is 1.38 bits per heavy atom. The van der Waals surface area contributed by atoms with Crippen molar-refractivity contribution in [3.8, 4) is 0 Å². The molecular weight excluding hydrogens is 162 g/mol. The summed E-state index contributed by atoms with van der Waals surface area (Å²) in [6.45, 7) is 14.4. The van der Waals surface area contributed by atoms with Crippen LogP contribution in [0.3, 0.4) is 0 Å². The van der Waals surface area contributed by atoms with E-state index in [9.17, 15) is 0 Å². The van der Waals surface area contributed by atoms with Gasteiger partial charge < -0.3 is 4.74 Å². The highest BCUT2D eigenvalue weighted by Gasteiger charge is 2.32. The molecule has 0 amide bonds. The predicted molar refractivity (Wildman–Crippen MR) is 55.9 cm³/mol. The standard InChI is InChI=1S/C11H23NO/c1-9(2)12-6-7-13-10(3)11(4,5)8-12/h9-10H,6-8H2,1-5H3. The molecule has 0 spiro atoms. The maximum absolute atomic E-state index is 5.76. The fraction of sp³-hybridized carbons (Fsp3) is 1.00. The molecule has 0 aromatic heterocycles. The molecule has 0 aromatic rings. The van der Waals surface area contributed by atoms with Crippen LogP contribution in [0.15, 0.2) is 0 Å². The van der Waals surface area contributed by atoms with Gasteiger partial charge in [-0.25, -0.2) is 0 Å². The number of rotatable bonds is 1. The second kappa shape index (κ2) is 3.97. The van der Waals surface area contributed by atoms with Crippen LogP contribution in [0.25, 0.3) is 0 Å².